The summed E-state index contributed by atoms with van der Waals surface area (Å²) < 4.78 is 0. The van der Waals surface area contributed by atoms with Crippen LogP contribution < -0.4 is 5.32 Å². The highest BCUT2D eigenvalue weighted by molar-refractivity contribution is 6.00. The van der Waals surface area contributed by atoms with Gasteiger partial charge >= 0.3 is 0 Å². The molecule has 1 saturated heterocycles. The fraction of sp³-hybridized carbons (Fsp3) is 0.867. The van der Waals surface area contributed by atoms with Crippen LogP contribution in [0.15, 0.2) is 0 Å². The number of amides is 2. The zero-order chi connectivity index (χ0) is 14.4. The second kappa shape index (κ2) is 4.50. The van der Waals surface area contributed by atoms with Gasteiger partial charge in [0.15, 0.2) is 0 Å². The first-order chi connectivity index (χ1) is 8.75. The van der Waals surface area contributed by atoms with E-state index >= 15 is 0 Å². The van der Waals surface area contributed by atoms with Gasteiger partial charge in [0, 0.05) is 5.54 Å². The number of nitrogens with zero attached hydrogens (tertiary/aromatic N) is 1. The van der Waals surface area contributed by atoms with E-state index in [1.807, 2.05) is 32.6 Å². The molecule has 0 aromatic rings. The van der Waals surface area contributed by atoms with Crippen LogP contribution in [0.5, 0.6) is 0 Å². The van der Waals surface area contributed by atoms with Crippen LogP contribution in [0, 0.1) is 5.92 Å². The molecule has 1 aliphatic heterocycles. The summed E-state index contributed by atoms with van der Waals surface area (Å²) in [5.41, 5.74) is -0.860. The Balaban J connectivity index is 2.41. The molecule has 4 heteroatoms. The molecule has 108 valence electrons. The Bertz CT molecular complexity index is 401. The van der Waals surface area contributed by atoms with Crippen molar-refractivity contribution < 1.29 is 9.59 Å². The second-order valence-electron chi connectivity index (χ2n) is 6.89. The molecule has 2 atom stereocenters. The van der Waals surface area contributed by atoms with Crippen molar-refractivity contribution in [2.45, 2.75) is 77.4 Å². The van der Waals surface area contributed by atoms with Gasteiger partial charge in [-0.25, -0.2) is 0 Å². The van der Waals surface area contributed by atoms with Crippen LogP contribution in [0.3, 0.4) is 0 Å². The van der Waals surface area contributed by atoms with Crippen LogP contribution in [0.1, 0.15) is 60.3 Å². The number of carbonyl (C=O) groups excluding carboxylic acids is 2. The van der Waals surface area contributed by atoms with E-state index in [1.165, 1.54) is 0 Å². The minimum absolute atomic E-state index is 0.00655. The van der Waals surface area contributed by atoms with Gasteiger partial charge < -0.3 is 10.2 Å². The van der Waals surface area contributed by atoms with Gasteiger partial charge in [0.2, 0.25) is 11.8 Å². The third kappa shape index (κ3) is 2.05. The summed E-state index contributed by atoms with van der Waals surface area (Å²) in [6, 6.07) is -0.322. The minimum atomic E-state index is -0.735. The summed E-state index contributed by atoms with van der Waals surface area (Å²) in [6.45, 7) is 9.95. The average Bonchev–Trinajstić information content (AvgIpc) is 2.30. The molecule has 0 radical (unpaired) electrons. The van der Waals surface area contributed by atoms with Crippen LogP contribution in [-0.4, -0.2) is 33.8 Å². The summed E-state index contributed by atoms with van der Waals surface area (Å²) in [6.07, 6.45) is 3.80. The molecule has 0 aromatic carbocycles. The number of carbonyl (C=O) groups is 2. The molecule has 2 amide bonds. The lowest BCUT2D eigenvalue weighted by Gasteiger charge is -2.56. The Morgan fingerprint density at radius 2 is 1.89 bits per heavy atom. The van der Waals surface area contributed by atoms with Gasteiger partial charge in [-0.05, 0) is 45.4 Å². The topological polar surface area (TPSA) is 49.4 Å². The molecule has 1 heterocycles. The predicted octanol–water partition coefficient (Wildman–Crippen LogP) is 2.08. The molecule has 2 rings (SSSR count). The molecule has 19 heavy (non-hydrogen) atoms. The lowest BCUT2D eigenvalue weighted by molar-refractivity contribution is -0.168. The molecule has 1 aliphatic carbocycles. The number of piperazine rings is 1. The SMILES string of the molecule is CCC1(C)NC(=O)C(C(C)C)N(C2(C)CCC2)C1=O. The van der Waals surface area contributed by atoms with E-state index < -0.39 is 5.54 Å². The summed E-state index contributed by atoms with van der Waals surface area (Å²) in [5.74, 6) is 0.241. The van der Waals surface area contributed by atoms with Crippen molar-refractivity contribution in [1.82, 2.24) is 10.2 Å². The lowest BCUT2D eigenvalue weighted by Crippen LogP contribution is -2.75. The van der Waals surface area contributed by atoms with Crippen LogP contribution in [-0.2, 0) is 9.59 Å². The summed E-state index contributed by atoms with van der Waals surface area (Å²) in [7, 11) is 0. The van der Waals surface area contributed by atoms with Gasteiger partial charge in [0.05, 0.1) is 0 Å². The Kier molecular flexibility index (Phi) is 3.40. The zero-order valence-corrected chi connectivity index (χ0v) is 12.7. The van der Waals surface area contributed by atoms with E-state index in [9.17, 15) is 9.59 Å². The van der Waals surface area contributed by atoms with Gasteiger partial charge in [-0.2, -0.15) is 0 Å². The van der Waals surface area contributed by atoms with Crippen LogP contribution in [0.4, 0.5) is 0 Å². The highest BCUT2D eigenvalue weighted by atomic mass is 16.2. The maximum atomic E-state index is 12.9. The fourth-order valence-electron chi connectivity index (χ4n) is 3.26. The number of hydrogen-bond donors (Lipinski definition) is 1. The normalized spacial score (nSPS) is 34.2. The van der Waals surface area contributed by atoms with E-state index in [4.69, 9.17) is 0 Å². The van der Waals surface area contributed by atoms with E-state index in [0.29, 0.717) is 6.42 Å². The summed E-state index contributed by atoms with van der Waals surface area (Å²) >= 11 is 0. The van der Waals surface area contributed by atoms with Crippen LogP contribution in [0.2, 0.25) is 0 Å². The molecule has 2 unspecified atom stereocenters. The van der Waals surface area contributed by atoms with Crippen molar-refractivity contribution in [2.75, 3.05) is 0 Å². The Labute approximate surface area is 115 Å². The Morgan fingerprint density at radius 1 is 1.32 bits per heavy atom. The van der Waals surface area contributed by atoms with Crippen molar-refractivity contribution in [3.05, 3.63) is 0 Å². The fourth-order valence-corrected chi connectivity index (χ4v) is 3.26. The molecular weight excluding hydrogens is 240 g/mol. The van der Waals surface area contributed by atoms with E-state index in [2.05, 4.69) is 12.2 Å². The maximum absolute atomic E-state index is 12.9. The second-order valence-corrected chi connectivity index (χ2v) is 6.89. The summed E-state index contributed by atoms with van der Waals surface area (Å²) in [5, 5.41) is 2.94. The first kappa shape index (κ1) is 14.4. The lowest BCUT2D eigenvalue weighted by atomic mass is 9.73. The Hall–Kier alpha value is -1.06. The largest absolute Gasteiger partial charge is 0.340 e. The molecule has 0 spiro atoms. The van der Waals surface area contributed by atoms with E-state index in [-0.39, 0.29) is 29.3 Å². The van der Waals surface area contributed by atoms with Gasteiger partial charge in [-0.1, -0.05) is 20.8 Å². The third-order valence-corrected chi connectivity index (χ3v) is 4.99. The van der Waals surface area contributed by atoms with Crippen molar-refractivity contribution >= 4 is 11.8 Å². The van der Waals surface area contributed by atoms with E-state index in [0.717, 1.165) is 19.3 Å². The standard InChI is InChI=1S/C15H26N2O2/c1-6-15(5)13(19)17(14(4)8-7-9-14)11(10(2)3)12(18)16-15/h10-11H,6-9H2,1-5H3,(H,16,18). The molecule has 2 fully saturated rings. The summed E-state index contributed by atoms with van der Waals surface area (Å²) in [4.78, 5) is 27.2. The van der Waals surface area contributed by atoms with Crippen LogP contribution >= 0.6 is 0 Å². The van der Waals surface area contributed by atoms with Crippen molar-refractivity contribution in [3.8, 4) is 0 Å². The van der Waals surface area contributed by atoms with Crippen molar-refractivity contribution in [1.29, 1.82) is 0 Å². The number of nitrogens with one attached hydrogen (secondary N) is 1. The van der Waals surface area contributed by atoms with E-state index in [1.54, 1.807) is 0 Å². The first-order valence-corrected chi connectivity index (χ1v) is 7.41. The molecule has 0 aromatic heterocycles. The molecule has 0 bridgehead atoms. The third-order valence-electron chi connectivity index (χ3n) is 4.99. The number of rotatable bonds is 3. The highest BCUT2D eigenvalue weighted by Crippen LogP contribution is 2.42. The van der Waals surface area contributed by atoms with Crippen molar-refractivity contribution in [2.24, 2.45) is 5.92 Å². The van der Waals surface area contributed by atoms with Crippen LogP contribution in [0.25, 0.3) is 0 Å². The minimum Gasteiger partial charge on any atom is -0.340 e. The van der Waals surface area contributed by atoms with Gasteiger partial charge in [-0.15, -0.1) is 0 Å². The first-order valence-electron chi connectivity index (χ1n) is 7.41. The van der Waals surface area contributed by atoms with Gasteiger partial charge in [0.25, 0.3) is 0 Å². The molecular formula is C15H26N2O2. The number of hydrogen-bond acceptors (Lipinski definition) is 2. The zero-order valence-electron chi connectivity index (χ0n) is 12.7. The molecule has 4 nitrogen and oxygen atoms in total. The predicted molar refractivity (Wildman–Crippen MR) is 74.6 cm³/mol. The molecule has 2 aliphatic rings. The Morgan fingerprint density at radius 3 is 2.26 bits per heavy atom. The quantitative estimate of drug-likeness (QED) is 0.850. The van der Waals surface area contributed by atoms with Crippen molar-refractivity contribution in [3.63, 3.8) is 0 Å². The monoisotopic (exact) mass is 266 g/mol. The van der Waals surface area contributed by atoms with Gasteiger partial charge in [-0.3, -0.25) is 9.59 Å². The smallest absolute Gasteiger partial charge is 0.249 e. The highest BCUT2D eigenvalue weighted by Gasteiger charge is 2.55. The molecule has 1 N–H and O–H groups in total. The average molecular weight is 266 g/mol. The molecule has 1 saturated carbocycles. The maximum Gasteiger partial charge on any atom is 0.249 e. The van der Waals surface area contributed by atoms with Gasteiger partial charge in [0.1, 0.15) is 11.6 Å².